The molecule has 0 heterocycles. The van der Waals surface area contributed by atoms with Crippen LogP contribution in [0.5, 0.6) is 0 Å². The molecule has 4 heteroatoms. The highest BCUT2D eigenvalue weighted by atomic mass is 79.9. The Morgan fingerprint density at radius 3 is 2.10 bits per heavy atom. The molecule has 0 fully saturated rings. The monoisotopic (exact) mass is 208 g/mol. The molecule has 10 heavy (non-hydrogen) atoms. The molecule has 1 rings (SSSR count). The van der Waals surface area contributed by atoms with Crippen LogP contribution in [0.15, 0.2) is 12.2 Å². The molecule has 0 spiro atoms. The second kappa shape index (κ2) is 3.00. The van der Waals surface area contributed by atoms with Crippen molar-refractivity contribution in [2.24, 2.45) is 0 Å². The molecule has 4 atom stereocenters. The van der Waals surface area contributed by atoms with Gasteiger partial charge in [0.25, 0.3) is 0 Å². The Morgan fingerprint density at radius 2 is 1.60 bits per heavy atom. The lowest BCUT2D eigenvalue weighted by molar-refractivity contribution is -0.0422. The van der Waals surface area contributed by atoms with E-state index in [1.54, 1.807) is 6.08 Å². The quantitative estimate of drug-likeness (QED) is 0.369. The smallest absolute Gasteiger partial charge is 0.111 e. The van der Waals surface area contributed by atoms with Crippen molar-refractivity contribution < 1.29 is 15.3 Å². The van der Waals surface area contributed by atoms with Crippen molar-refractivity contribution in [1.82, 2.24) is 0 Å². The van der Waals surface area contributed by atoms with Crippen molar-refractivity contribution >= 4 is 15.9 Å². The Labute approximate surface area is 67.1 Å². The first-order chi connectivity index (χ1) is 4.63. The van der Waals surface area contributed by atoms with Gasteiger partial charge in [0.15, 0.2) is 0 Å². The van der Waals surface area contributed by atoms with E-state index >= 15 is 0 Å². The van der Waals surface area contributed by atoms with E-state index in [-0.39, 0.29) is 4.83 Å². The van der Waals surface area contributed by atoms with Crippen LogP contribution in [-0.4, -0.2) is 38.5 Å². The summed E-state index contributed by atoms with van der Waals surface area (Å²) in [7, 11) is 0. The molecule has 0 aliphatic heterocycles. The molecule has 3 N–H and O–H groups in total. The maximum Gasteiger partial charge on any atom is 0.111 e. The van der Waals surface area contributed by atoms with Gasteiger partial charge >= 0.3 is 0 Å². The molecule has 0 aromatic heterocycles. The summed E-state index contributed by atoms with van der Waals surface area (Å²) < 4.78 is 0. The van der Waals surface area contributed by atoms with Gasteiger partial charge in [-0.1, -0.05) is 28.1 Å². The molecule has 0 aromatic carbocycles. The molecule has 0 amide bonds. The van der Waals surface area contributed by atoms with Crippen LogP contribution in [0.25, 0.3) is 0 Å². The average Bonchev–Trinajstić information content (AvgIpc) is 1.93. The minimum Gasteiger partial charge on any atom is -0.389 e. The van der Waals surface area contributed by atoms with E-state index < -0.39 is 18.3 Å². The number of rotatable bonds is 0. The van der Waals surface area contributed by atoms with Crippen LogP contribution < -0.4 is 0 Å². The maximum atomic E-state index is 9.11. The Morgan fingerprint density at radius 1 is 1.00 bits per heavy atom. The molecule has 58 valence electrons. The first-order valence-corrected chi connectivity index (χ1v) is 3.91. The fourth-order valence-corrected chi connectivity index (χ4v) is 1.33. The highest BCUT2D eigenvalue weighted by molar-refractivity contribution is 9.09. The van der Waals surface area contributed by atoms with Crippen molar-refractivity contribution in [3.63, 3.8) is 0 Å². The van der Waals surface area contributed by atoms with Crippen LogP contribution in [0.3, 0.4) is 0 Å². The molecular formula is C6H9BrO3. The number of hydrogen-bond donors (Lipinski definition) is 3. The van der Waals surface area contributed by atoms with Crippen molar-refractivity contribution in [1.29, 1.82) is 0 Å². The van der Waals surface area contributed by atoms with Crippen LogP contribution >= 0.6 is 15.9 Å². The van der Waals surface area contributed by atoms with Gasteiger partial charge < -0.3 is 15.3 Å². The summed E-state index contributed by atoms with van der Waals surface area (Å²) in [6.07, 6.45) is 0.136. The van der Waals surface area contributed by atoms with Gasteiger partial charge in [-0.15, -0.1) is 0 Å². The lowest BCUT2D eigenvalue weighted by Crippen LogP contribution is -2.43. The van der Waals surface area contributed by atoms with Crippen molar-refractivity contribution in [2.75, 3.05) is 0 Å². The first kappa shape index (κ1) is 8.20. The zero-order valence-corrected chi connectivity index (χ0v) is 6.77. The number of halogens is 1. The largest absolute Gasteiger partial charge is 0.389 e. The van der Waals surface area contributed by atoms with E-state index in [2.05, 4.69) is 15.9 Å². The molecule has 0 saturated heterocycles. The fourth-order valence-electron chi connectivity index (χ4n) is 0.838. The standard InChI is InChI=1S/C6H9BrO3/c7-3-1-2-4(8)6(10)5(3)9/h1-6,8-10H/t3-,4+,5+,6+/m0/s1. The summed E-state index contributed by atoms with van der Waals surface area (Å²) in [5, 5.41) is 27.1. The number of hydrogen-bond acceptors (Lipinski definition) is 3. The van der Waals surface area contributed by atoms with E-state index in [0.29, 0.717) is 0 Å². The molecule has 3 nitrogen and oxygen atoms in total. The van der Waals surface area contributed by atoms with Crippen molar-refractivity contribution in [3.05, 3.63) is 12.2 Å². The van der Waals surface area contributed by atoms with Crippen LogP contribution in [-0.2, 0) is 0 Å². The predicted molar refractivity (Wildman–Crippen MR) is 39.9 cm³/mol. The average molecular weight is 209 g/mol. The minimum absolute atomic E-state index is 0.258. The predicted octanol–water partition coefficient (Wildman–Crippen LogP) is -0.598. The lowest BCUT2D eigenvalue weighted by Gasteiger charge is -2.27. The summed E-state index contributed by atoms with van der Waals surface area (Å²) in [6, 6.07) is 0. The molecule has 0 bridgehead atoms. The first-order valence-electron chi connectivity index (χ1n) is 2.99. The van der Waals surface area contributed by atoms with E-state index in [1.807, 2.05) is 0 Å². The molecule has 0 unspecified atom stereocenters. The second-order valence-electron chi connectivity index (χ2n) is 2.30. The molecule has 1 aliphatic rings. The number of aliphatic hydroxyl groups is 3. The summed E-state index contributed by atoms with van der Waals surface area (Å²) in [6.45, 7) is 0. The van der Waals surface area contributed by atoms with Crippen LogP contribution in [0, 0.1) is 0 Å². The van der Waals surface area contributed by atoms with E-state index in [0.717, 1.165) is 0 Å². The van der Waals surface area contributed by atoms with Gasteiger partial charge in [0.2, 0.25) is 0 Å². The third kappa shape index (κ3) is 1.40. The molecule has 0 saturated carbocycles. The molecular weight excluding hydrogens is 200 g/mol. The Bertz CT molecular complexity index is 132. The zero-order chi connectivity index (χ0) is 7.72. The minimum atomic E-state index is -1.07. The third-order valence-electron chi connectivity index (χ3n) is 1.52. The maximum absolute atomic E-state index is 9.11. The van der Waals surface area contributed by atoms with Gasteiger partial charge in [-0.2, -0.15) is 0 Å². The second-order valence-corrected chi connectivity index (χ2v) is 3.36. The van der Waals surface area contributed by atoms with Crippen molar-refractivity contribution in [2.45, 2.75) is 23.1 Å². The van der Waals surface area contributed by atoms with Crippen LogP contribution in [0.1, 0.15) is 0 Å². The SMILES string of the molecule is O[C@H]1[C@H](O)[C@@H](Br)C=C[C@H]1O. The Balaban J connectivity index is 2.69. The summed E-state index contributed by atoms with van der Waals surface area (Å²) in [4.78, 5) is -0.258. The molecule has 0 radical (unpaired) electrons. The summed E-state index contributed by atoms with van der Waals surface area (Å²) >= 11 is 3.11. The topological polar surface area (TPSA) is 60.7 Å². The van der Waals surface area contributed by atoms with Crippen molar-refractivity contribution in [3.8, 4) is 0 Å². The van der Waals surface area contributed by atoms with E-state index in [4.69, 9.17) is 15.3 Å². The van der Waals surface area contributed by atoms with E-state index in [1.165, 1.54) is 6.08 Å². The van der Waals surface area contributed by atoms with Gasteiger partial charge in [-0.3, -0.25) is 0 Å². The zero-order valence-electron chi connectivity index (χ0n) is 5.18. The normalized spacial score (nSPS) is 47.6. The number of alkyl halides is 1. The highest BCUT2D eigenvalue weighted by Gasteiger charge is 2.30. The summed E-state index contributed by atoms with van der Waals surface area (Å²) in [5.41, 5.74) is 0. The Kier molecular flexibility index (Phi) is 2.46. The van der Waals surface area contributed by atoms with Crippen LogP contribution in [0.4, 0.5) is 0 Å². The van der Waals surface area contributed by atoms with E-state index in [9.17, 15) is 0 Å². The van der Waals surface area contributed by atoms with Gasteiger partial charge in [-0.25, -0.2) is 0 Å². The Hall–Kier alpha value is 0.1000. The molecule has 0 aromatic rings. The highest BCUT2D eigenvalue weighted by Crippen LogP contribution is 2.19. The molecule has 1 aliphatic carbocycles. The fraction of sp³-hybridized carbons (Fsp3) is 0.667. The van der Waals surface area contributed by atoms with Gasteiger partial charge in [-0.05, 0) is 0 Å². The van der Waals surface area contributed by atoms with Gasteiger partial charge in [0.05, 0.1) is 10.9 Å². The number of aliphatic hydroxyl groups excluding tert-OH is 3. The van der Waals surface area contributed by atoms with Gasteiger partial charge in [0.1, 0.15) is 12.2 Å². The lowest BCUT2D eigenvalue weighted by atomic mass is 9.99. The third-order valence-corrected chi connectivity index (χ3v) is 2.37. The van der Waals surface area contributed by atoms with Gasteiger partial charge in [0, 0.05) is 0 Å². The van der Waals surface area contributed by atoms with Crippen LogP contribution in [0.2, 0.25) is 0 Å². The summed E-state index contributed by atoms with van der Waals surface area (Å²) in [5.74, 6) is 0.